The number of nitrogens with one attached hydrogen (secondary N) is 3. The number of benzene rings is 1. The Morgan fingerprint density at radius 1 is 1.08 bits per heavy atom. The van der Waals surface area contributed by atoms with E-state index in [9.17, 15) is 9.59 Å². The zero-order chi connectivity index (χ0) is 17.8. The fourth-order valence-electron chi connectivity index (χ4n) is 2.43. The van der Waals surface area contributed by atoms with Crippen molar-refractivity contribution in [3.8, 4) is 0 Å². The number of aryl methyl sites for hydroxylation is 2. The molecule has 2 heterocycles. The van der Waals surface area contributed by atoms with Gasteiger partial charge in [-0.25, -0.2) is 15.4 Å². The van der Waals surface area contributed by atoms with Gasteiger partial charge in [-0.05, 0) is 38.1 Å². The lowest BCUT2D eigenvalue weighted by Gasteiger charge is -2.13. The van der Waals surface area contributed by atoms with E-state index in [4.69, 9.17) is 0 Å². The maximum atomic E-state index is 12.2. The average Bonchev–Trinajstić information content (AvgIpc) is 2.54. The summed E-state index contributed by atoms with van der Waals surface area (Å²) in [7, 11) is 0. The Balaban J connectivity index is 1.71. The van der Waals surface area contributed by atoms with E-state index in [1.807, 2.05) is 32.0 Å². The van der Waals surface area contributed by atoms with Gasteiger partial charge in [0, 0.05) is 35.6 Å². The molecule has 0 atom stereocenters. The zero-order valence-electron chi connectivity index (χ0n) is 14.0. The number of nitrogens with zero attached hydrogens (tertiary/aromatic N) is 3. The summed E-state index contributed by atoms with van der Waals surface area (Å²) >= 11 is 0. The number of hydrazone groups is 1. The lowest BCUT2D eigenvalue weighted by Crippen LogP contribution is -2.32. The number of anilines is 3. The molecule has 128 valence electrons. The standard InChI is InChI=1S/C17H18N6O2/c1-10-8-11(2)19-17(18-10)21-13-5-3-4-12(9-13)20-16(25)14-6-7-15(24)23-22-14/h3-5,8-9H,6-7H2,1-2H3,(H,20,25)(H,23,24)(H,18,19,21). The van der Waals surface area contributed by atoms with E-state index in [1.165, 1.54) is 0 Å². The molecule has 3 N–H and O–H groups in total. The van der Waals surface area contributed by atoms with Crippen molar-refractivity contribution in [1.29, 1.82) is 0 Å². The van der Waals surface area contributed by atoms with Crippen LogP contribution in [0.25, 0.3) is 0 Å². The van der Waals surface area contributed by atoms with Crippen LogP contribution in [0.1, 0.15) is 24.2 Å². The van der Waals surface area contributed by atoms with Gasteiger partial charge in [-0.1, -0.05) is 6.07 Å². The number of aromatic nitrogens is 2. The van der Waals surface area contributed by atoms with Crippen LogP contribution in [-0.2, 0) is 9.59 Å². The second-order valence-corrected chi connectivity index (χ2v) is 5.73. The highest BCUT2D eigenvalue weighted by Crippen LogP contribution is 2.19. The first-order valence-corrected chi connectivity index (χ1v) is 7.86. The molecule has 1 aromatic carbocycles. The summed E-state index contributed by atoms with van der Waals surface area (Å²) < 4.78 is 0. The first-order valence-electron chi connectivity index (χ1n) is 7.86. The molecule has 0 bridgehead atoms. The van der Waals surface area contributed by atoms with Gasteiger partial charge in [-0.15, -0.1) is 0 Å². The van der Waals surface area contributed by atoms with Crippen molar-refractivity contribution < 1.29 is 9.59 Å². The van der Waals surface area contributed by atoms with E-state index in [1.54, 1.807) is 12.1 Å². The molecule has 0 unspecified atom stereocenters. The molecule has 1 aromatic heterocycles. The molecule has 2 aromatic rings. The summed E-state index contributed by atoms with van der Waals surface area (Å²) in [5, 5.41) is 9.68. The van der Waals surface area contributed by atoms with Crippen molar-refractivity contribution in [2.75, 3.05) is 10.6 Å². The maximum Gasteiger partial charge on any atom is 0.271 e. The molecule has 0 saturated heterocycles. The third kappa shape index (κ3) is 4.37. The Labute approximate surface area is 144 Å². The molecule has 8 heteroatoms. The van der Waals surface area contributed by atoms with E-state index in [0.29, 0.717) is 23.8 Å². The zero-order valence-corrected chi connectivity index (χ0v) is 14.0. The number of rotatable bonds is 4. The number of carbonyl (C=O) groups excluding carboxylic acids is 2. The lowest BCUT2D eigenvalue weighted by molar-refractivity contribution is -0.121. The van der Waals surface area contributed by atoms with Crippen LogP contribution < -0.4 is 16.1 Å². The van der Waals surface area contributed by atoms with Crippen molar-refractivity contribution in [1.82, 2.24) is 15.4 Å². The molecule has 1 aliphatic heterocycles. The van der Waals surface area contributed by atoms with E-state index >= 15 is 0 Å². The van der Waals surface area contributed by atoms with Crippen LogP contribution in [0.5, 0.6) is 0 Å². The summed E-state index contributed by atoms with van der Waals surface area (Å²) in [6.45, 7) is 3.81. The van der Waals surface area contributed by atoms with Gasteiger partial charge in [0.1, 0.15) is 5.71 Å². The topological polar surface area (TPSA) is 108 Å². The van der Waals surface area contributed by atoms with E-state index in [0.717, 1.165) is 17.1 Å². The van der Waals surface area contributed by atoms with Crippen LogP contribution in [0, 0.1) is 13.8 Å². The summed E-state index contributed by atoms with van der Waals surface area (Å²) in [6, 6.07) is 9.11. The molecule has 0 fully saturated rings. The van der Waals surface area contributed by atoms with Gasteiger partial charge in [0.2, 0.25) is 11.9 Å². The summed E-state index contributed by atoms with van der Waals surface area (Å²) in [5.41, 5.74) is 5.72. The first-order chi connectivity index (χ1) is 12.0. The average molecular weight is 338 g/mol. The molecule has 25 heavy (non-hydrogen) atoms. The fourth-order valence-corrected chi connectivity index (χ4v) is 2.43. The molecule has 0 aliphatic carbocycles. The number of hydrogen-bond acceptors (Lipinski definition) is 6. The van der Waals surface area contributed by atoms with Gasteiger partial charge in [0.05, 0.1) is 0 Å². The van der Waals surface area contributed by atoms with Gasteiger partial charge in [0.15, 0.2) is 0 Å². The summed E-state index contributed by atoms with van der Waals surface area (Å²) in [4.78, 5) is 31.9. The quantitative estimate of drug-likeness (QED) is 0.790. The number of amides is 2. The molecule has 0 saturated carbocycles. The van der Waals surface area contributed by atoms with Gasteiger partial charge >= 0.3 is 0 Å². The number of hydrogen-bond donors (Lipinski definition) is 3. The SMILES string of the molecule is Cc1cc(C)nc(Nc2cccc(NC(=O)C3=NNC(=O)CC3)c2)n1. The Bertz CT molecular complexity index is 842. The predicted octanol–water partition coefficient (Wildman–Crippen LogP) is 2.04. The summed E-state index contributed by atoms with van der Waals surface area (Å²) in [6.07, 6.45) is 0.587. The van der Waals surface area contributed by atoms with Crippen LogP contribution in [0.3, 0.4) is 0 Å². The smallest absolute Gasteiger partial charge is 0.271 e. The molecule has 3 rings (SSSR count). The van der Waals surface area contributed by atoms with Crippen LogP contribution in [0.2, 0.25) is 0 Å². The monoisotopic (exact) mass is 338 g/mol. The predicted molar refractivity (Wildman–Crippen MR) is 94.7 cm³/mol. The Morgan fingerprint density at radius 3 is 2.48 bits per heavy atom. The lowest BCUT2D eigenvalue weighted by atomic mass is 10.1. The van der Waals surface area contributed by atoms with Crippen LogP contribution in [-0.4, -0.2) is 27.5 Å². The second kappa shape index (κ2) is 7.08. The molecule has 1 aliphatic rings. The van der Waals surface area contributed by atoms with Crippen molar-refractivity contribution in [2.24, 2.45) is 5.10 Å². The molecule has 0 radical (unpaired) electrons. The normalized spacial score (nSPS) is 13.7. The van der Waals surface area contributed by atoms with Crippen LogP contribution >= 0.6 is 0 Å². The minimum atomic E-state index is -0.334. The Kier molecular flexibility index (Phi) is 4.69. The van der Waals surface area contributed by atoms with E-state index < -0.39 is 0 Å². The maximum absolute atomic E-state index is 12.2. The molecule has 2 amide bonds. The third-order valence-electron chi connectivity index (χ3n) is 3.53. The minimum absolute atomic E-state index is 0.184. The molecule has 8 nitrogen and oxygen atoms in total. The van der Waals surface area contributed by atoms with Crippen LogP contribution in [0.15, 0.2) is 35.4 Å². The van der Waals surface area contributed by atoms with Crippen molar-refractivity contribution in [3.05, 3.63) is 41.7 Å². The van der Waals surface area contributed by atoms with Gasteiger partial charge in [-0.3, -0.25) is 9.59 Å². The largest absolute Gasteiger partial charge is 0.324 e. The van der Waals surface area contributed by atoms with E-state index in [2.05, 4.69) is 31.1 Å². The summed E-state index contributed by atoms with van der Waals surface area (Å²) in [5.74, 6) is -0.0173. The van der Waals surface area contributed by atoms with Crippen molar-refractivity contribution in [3.63, 3.8) is 0 Å². The first kappa shape index (κ1) is 16.6. The molecule has 0 spiro atoms. The van der Waals surface area contributed by atoms with Gasteiger partial charge in [0.25, 0.3) is 5.91 Å². The fraction of sp³-hybridized carbons (Fsp3) is 0.235. The highest BCUT2D eigenvalue weighted by molar-refractivity contribution is 6.43. The molecular weight excluding hydrogens is 320 g/mol. The Hall–Kier alpha value is -3.29. The Morgan fingerprint density at radius 2 is 1.80 bits per heavy atom. The highest BCUT2D eigenvalue weighted by atomic mass is 16.2. The van der Waals surface area contributed by atoms with Crippen molar-refractivity contribution in [2.45, 2.75) is 26.7 Å². The molecular formula is C17H18N6O2. The number of carbonyl (C=O) groups is 2. The third-order valence-corrected chi connectivity index (χ3v) is 3.53. The van der Waals surface area contributed by atoms with Crippen molar-refractivity contribution >= 4 is 34.8 Å². The van der Waals surface area contributed by atoms with E-state index in [-0.39, 0.29) is 18.2 Å². The second-order valence-electron chi connectivity index (χ2n) is 5.73. The van der Waals surface area contributed by atoms with Crippen LogP contribution in [0.4, 0.5) is 17.3 Å². The minimum Gasteiger partial charge on any atom is -0.324 e. The van der Waals surface area contributed by atoms with Gasteiger partial charge in [-0.2, -0.15) is 5.10 Å². The van der Waals surface area contributed by atoms with Gasteiger partial charge < -0.3 is 10.6 Å². The highest BCUT2D eigenvalue weighted by Gasteiger charge is 2.18.